The van der Waals surface area contributed by atoms with Gasteiger partial charge < -0.3 is 14.9 Å². The number of rotatable bonds is 3. The largest absolute Gasteiger partial charge is 0.338 e. The number of aromatic nitrogens is 4. The molecule has 7 nitrogen and oxygen atoms in total. The third-order valence-electron chi connectivity index (χ3n) is 5.01. The maximum Gasteiger partial charge on any atom is 0.323 e. The van der Waals surface area contributed by atoms with Crippen molar-refractivity contribution in [1.29, 1.82) is 0 Å². The summed E-state index contributed by atoms with van der Waals surface area (Å²) in [5.74, 6) is 0.303. The summed E-state index contributed by atoms with van der Waals surface area (Å²) >= 11 is 0. The van der Waals surface area contributed by atoms with Crippen LogP contribution in [0.5, 0.6) is 0 Å². The van der Waals surface area contributed by atoms with Crippen molar-refractivity contribution in [1.82, 2.24) is 25.1 Å². The van der Waals surface area contributed by atoms with E-state index >= 15 is 0 Å². The van der Waals surface area contributed by atoms with Crippen LogP contribution in [0.2, 0.25) is 0 Å². The predicted octanol–water partition coefficient (Wildman–Crippen LogP) is 2.16. The summed E-state index contributed by atoms with van der Waals surface area (Å²) in [7, 11) is 0. The second-order valence-corrected chi connectivity index (χ2v) is 6.59. The Bertz CT molecular complexity index is 967. The molecule has 3 heterocycles. The molecule has 25 heavy (non-hydrogen) atoms. The molecular weight excluding hydrogens is 318 g/mol. The van der Waals surface area contributed by atoms with E-state index in [1.165, 1.54) is 5.56 Å². The molecule has 0 saturated carbocycles. The zero-order valence-corrected chi connectivity index (χ0v) is 14.1. The molecule has 7 heteroatoms. The van der Waals surface area contributed by atoms with Gasteiger partial charge in [0.15, 0.2) is 0 Å². The Labute approximate surface area is 144 Å². The topological polar surface area (TPSA) is 97.6 Å². The molecule has 1 aromatic carbocycles. The van der Waals surface area contributed by atoms with Crippen molar-refractivity contribution in [3.63, 3.8) is 0 Å². The number of H-pyrrole nitrogens is 3. The first-order valence-corrected chi connectivity index (χ1v) is 8.69. The number of likely N-dealkylation sites (tertiary alicyclic amines) is 1. The quantitative estimate of drug-likeness (QED) is 0.682. The Morgan fingerprint density at radius 2 is 2.16 bits per heavy atom. The Hall–Kier alpha value is -2.83. The maximum atomic E-state index is 12.9. The van der Waals surface area contributed by atoms with Gasteiger partial charge in [0.05, 0.1) is 17.2 Å². The molecule has 4 rings (SSSR count). The van der Waals surface area contributed by atoms with Crippen molar-refractivity contribution in [2.75, 3.05) is 13.1 Å². The summed E-state index contributed by atoms with van der Waals surface area (Å²) in [5.41, 5.74) is 4.10. The summed E-state index contributed by atoms with van der Waals surface area (Å²) in [6, 6.07) is 5.28. The zero-order chi connectivity index (χ0) is 17.4. The van der Waals surface area contributed by atoms with Gasteiger partial charge in [0.1, 0.15) is 0 Å². The average Bonchev–Trinajstić information content (AvgIpc) is 3.25. The summed E-state index contributed by atoms with van der Waals surface area (Å²) < 4.78 is 0. The molecule has 0 bridgehead atoms. The van der Waals surface area contributed by atoms with Crippen molar-refractivity contribution in [3.05, 3.63) is 51.7 Å². The standard InChI is InChI=1S/C18H21N5O2/c1-2-11-9-19-22-16(11)13-4-3-7-23(10-13)17(24)12-5-6-14-15(8-12)21-18(25)20-14/h5-6,8-9,13H,2-4,7,10H2,1H3,(H,19,22)(H2,20,21,25)/t13-/m1/s1. The lowest BCUT2D eigenvalue weighted by molar-refractivity contribution is 0.0705. The van der Waals surface area contributed by atoms with Gasteiger partial charge in [-0.15, -0.1) is 0 Å². The monoisotopic (exact) mass is 339 g/mol. The minimum absolute atomic E-state index is 0.00575. The predicted molar refractivity (Wildman–Crippen MR) is 94.8 cm³/mol. The molecule has 1 saturated heterocycles. The molecule has 0 aliphatic carbocycles. The number of imidazole rings is 1. The molecule has 2 aromatic heterocycles. The van der Waals surface area contributed by atoms with Crippen molar-refractivity contribution < 1.29 is 4.79 Å². The van der Waals surface area contributed by atoms with E-state index in [2.05, 4.69) is 27.1 Å². The van der Waals surface area contributed by atoms with E-state index in [0.29, 0.717) is 29.1 Å². The van der Waals surface area contributed by atoms with E-state index in [1.807, 2.05) is 11.1 Å². The number of nitrogens with one attached hydrogen (secondary N) is 3. The molecule has 3 N–H and O–H groups in total. The van der Waals surface area contributed by atoms with Crippen LogP contribution >= 0.6 is 0 Å². The summed E-state index contributed by atoms with van der Waals surface area (Å²) in [4.78, 5) is 31.6. The molecule has 0 radical (unpaired) electrons. The molecule has 1 aliphatic heterocycles. The lowest BCUT2D eigenvalue weighted by Gasteiger charge is -2.32. The summed E-state index contributed by atoms with van der Waals surface area (Å²) in [5, 5.41) is 7.29. The number of fused-ring (bicyclic) bond motifs is 1. The van der Waals surface area contributed by atoms with Crippen LogP contribution in [0.1, 0.15) is 47.3 Å². The molecule has 1 atom stereocenters. The number of piperidine rings is 1. The molecule has 0 spiro atoms. The van der Waals surface area contributed by atoms with Gasteiger partial charge in [-0.3, -0.25) is 9.89 Å². The number of carbonyl (C=O) groups excluding carboxylic acids is 1. The van der Waals surface area contributed by atoms with E-state index in [0.717, 1.165) is 31.5 Å². The number of benzene rings is 1. The Balaban J connectivity index is 1.57. The first kappa shape index (κ1) is 15.7. The molecule has 1 aliphatic rings. The smallest absolute Gasteiger partial charge is 0.323 e. The third kappa shape index (κ3) is 2.86. The number of aryl methyl sites for hydroxylation is 1. The van der Waals surface area contributed by atoms with Crippen LogP contribution in [0.4, 0.5) is 0 Å². The number of nitrogens with zero attached hydrogens (tertiary/aromatic N) is 2. The molecule has 130 valence electrons. The molecule has 1 fully saturated rings. The normalized spacial score (nSPS) is 18.0. The van der Waals surface area contributed by atoms with Gasteiger partial charge in [-0.2, -0.15) is 5.10 Å². The van der Waals surface area contributed by atoms with Crippen molar-refractivity contribution in [2.45, 2.75) is 32.1 Å². The van der Waals surface area contributed by atoms with Gasteiger partial charge in [-0.25, -0.2) is 4.79 Å². The van der Waals surface area contributed by atoms with Gasteiger partial charge in [-0.1, -0.05) is 6.92 Å². The summed E-state index contributed by atoms with van der Waals surface area (Å²) in [6.07, 6.45) is 4.85. The molecule has 3 aromatic rings. The van der Waals surface area contributed by atoms with Gasteiger partial charge in [-0.05, 0) is 43.0 Å². The Morgan fingerprint density at radius 1 is 1.32 bits per heavy atom. The highest BCUT2D eigenvalue weighted by Gasteiger charge is 2.27. The lowest BCUT2D eigenvalue weighted by Crippen LogP contribution is -2.39. The van der Waals surface area contributed by atoms with Crippen LogP contribution in [-0.4, -0.2) is 44.1 Å². The van der Waals surface area contributed by atoms with Crippen LogP contribution in [0.3, 0.4) is 0 Å². The van der Waals surface area contributed by atoms with Crippen LogP contribution in [0, 0.1) is 0 Å². The Kier molecular flexibility index (Phi) is 3.91. The van der Waals surface area contributed by atoms with Gasteiger partial charge in [0.25, 0.3) is 5.91 Å². The van der Waals surface area contributed by atoms with Crippen LogP contribution < -0.4 is 5.69 Å². The maximum absolute atomic E-state index is 12.9. The average molecular weight is 339 g/mol. The second kappa shape index (κ2) is 6.23. The van der Waals surface area contributed by atoms with Crippen molar-refractivity contribution >= 4 is 16.9 Å². The van der Waals surface area contributed by atoms with Crippen molar-refractivity contribution in [3.8, 4) is 0 Å². The van der Waals surface area contributed by atoms with E-state index in [-0.39, 0.29) is 11.6 Å². The van der Waals surface area contributed by atoms with Gasteiger partial charge >= 0.3 is 5.69 Å². The molecule has 0 unspecified atom stereocenters. The van der Waals surface area contributed by atoms with E-state index < -0.39 is 0 Å². The number of hydrogen-bond donors (Lipinski definition) is 3. The first-order chi connectivity index (χ1) is 12.2. The van der Waals surface area contributed by atoms with Crippen LogP contribution in [0.15, 0.2) is 29.2 Å². The highest BCUT2D eigenvalue weighted by Crippen LogP contribution is 2.29. The number of hydrogen-bond acceptors (Lipinski definition) is 3. The Morgan fingerprint density at radius 3 is 3.00 bits per heavy atom. The fourth-order valence-electron chi connectivity index (χ4n) is 3.70. The van der Waals surface area contributed by atoms with E-state index in [9.17, 15) is 9.59 Å². The SMILES string of the molecule is CCc1cn[nH]c1[C@@H]1CCCN(C(=O)c2ccc3[nH]c(=O)[nH]c3c2)C1. The highest BCUT2D eigenvalue weighted by atomic mass is 16.2. The zero-order valence-electron chi connectivity index (χ0n) is 14.1. The minimum Gasteiger partial charge on any atom is -0.338 e. The second-order valence-electron chi connectivity index (χ2n) is 6.59. The van der Waals surface area contributed by atoms with E-state index in [4.69, 9.17) is 0 Å². The minimum atomic E-state index is -0.260. The third-order valence-corrected chi connectivity index (χ3v) is 5.01. The number of aromatic amines is 3. The van der Waals surface area contributed by atoms with Gasteiger partial charge in [0, 0.05) is 30.3 Å². The van der Waals surface area contributed by atoms with Gasteiger partial charge in [0.2, 0.25) is 0 Å². The fourth-order valence-corrected chi connectivity index (χ4v) is 3.70. The van der Waals surface area contributed by atoms with Crippen LogP contribution in [0.25, 0.3) is 11.0 Å². The van der Waals surface area contributed by atoms with Crippen LogP contribution in [-0.2, 0) is 6.42 Å². The molecule has 1 amide bonds. The summed E-state index contributed by atoms with van der Waals surface area (Å²) in [6.45, 7) is 3.56. The lowest BCUT2D eigenvalue weighted by atomic mass is 9.91. The highest BCUT2D eigenvalue weighted by molar-refractivity contribution is 5.97. The number of carbonyl (C=O) groups is 1. The van der Waals surface area contributed by atoms with Crippen molar-refractivity contribution in [2.24, 2.45) is 0 Å². The first-order valence-electron chi connectivity index (χ1n) is 8.69. The fraction of sp³-hybridized carbons (Fsp3) is 0.389. The van der Waals surface area contributed by atoms with E-state index in [1.54, 1.807) is 18.2 Å². The number of amides is 1. The molecular formula is C18H21N5O2.